The maximum atomic E-state index is 14.9. The number of amides is 2. The lowest BCUT2D eigenvalue weighted by atomic mass is 9.82. The Morgan fingerprint density at radius 1 is 0.873 bits per heavy atom. The zero-order valence-corrected chi connectivity index (χ0v) is 32.0. The summed E-state index contributed by atoms with van der Waals surface area (Å²) in [6, 6.07) is 37.2. The van der Waals surface area contributed by atoms with E-state index in [-0.39, 0.29) is 35.8 Å². The molecular formula is C44H43N5O5Si. The zero-order valence-electron chi connectivity index (χ0n) is 31.0. The van der Waals surface area contributed by atoms with Crippen LogP contribution in [0.2, 0.25) is 18.6 Å². The number of rotatable bonds is 10. The second kappa shape index (κ2) is 13.4. The van der Waals surface area contributed by atoms with Crippen LogP contribution in [0.1, 0.15) is 52.0 Å². The molecule has 6 aromatic rings. The van der Waals surface area contributed by atoms with Gasteiger partial charge in [-0.3, -0.25) is 19.2 Å². The third kappa shape index (κ3) is 5.64. The summed E-state index contributed by atoms with van der Waals surface area (Å²) in [5, 5.41) is 21.0. The molecule has 0 bridgehead atoms. The molecular weight excluding hydrogens is 707 g/mol. The summed E-state index contributed by atoms with van der Waals surface area (Å²) in [5.41, 5.74) is 5.02. The molecule has 3 aliphatic heterocycles. The van der Waals surface area contributed by atoms with Gasteiger partial charge in [0.05, 0.1) is 47.8 Å². The normalized spacial score (nSPS) is 22.3. The first-order valence-corrected chi connectivity index (χ1v) is 21.9. The molecule has 278 valence electrons. The van der Waals surface area contributed by atoms with E-state index in [4.69, 9.17) is 4.74 Å². The van der Waals surface area contributed by atoms with Gasteiger partial charge in [-0.2, -0.15) is 0 Å². The molecule has 11 heteroatoms. The van der Waals surface area contributed by atoms with Gasteiger partial charge in [0.25, 0.3) is 11.8 Å². The van der Waals surface area contributed by atoms with Gasteiger partial charge < -0.3 is 19.5 Å². The molecule has 2 N–H and O–H groups in total. The van der Waals surface area contributed by atoms with Crippen molar-refractivity contribution in [2.45, 2.75) is 62.7 Å². The maximum Gasteiger partial charge on any atom is 0.264 e. The van der Waals surface area contributed by atoms with Gasteiger partial charge in [0.1, 0.15) is 0 Å². The first-order chi connectivity index (χ1) is 26.6. The standard InChI is InChI=1S/C44H43N5O5Si/c1-28-41(55(2,3)53)39(23-24-47-26-36(45-46-47)34(27-50)30-11-5-4-6-12-30)54-44(28)35-16-7-8-17-37(35)48(43(44)52)25-29-19-21-32(22-20-29)49-38-18-10-14-31-13-9-15-33(40(31)38)42(49)51/h4-22,26,28,34,39,41,50,53H,23-25,27H2,1-3H3/t28-,34?,39+,41-,44+/m1/s1. The smallest absolute Gasteiger partial charge is 0.264 e. The minimum atomic E-state index is -2.86. The van der Waals surface area contributed by atoms with Gasteiger partial charge in [-0.05, 0) is 66.4 Å². The Morgan fingerprint density at radius 2 is 1.58 bits per heavy atom. The second-order valence-electron chi connectivity index (χ2n) is 15.6. The van der Waals surface area contributed by atoms with Crippen LogP contribution in [0.25, 0.3) is 10.8 Å². The topological polar surface area (TPSA) is 121 Å². The molecule has 55 heavy (non-hydrogen) atoms. The zero-order chi connectivity index (χ0) is 38.1. The van der Waals surface area contributed by atoms with E-state index in [1.54, 1.807) is 9.58 Å². The molecule has 10 nitrogen and oxygen atoms in total. The Morgan fingerprint density at radius 3 is 2.33 bits per heavy atom. The molecule has 3 aliphatic rings. The van der Waals surface area contributed by atoms with Crippen LogP contribution >= 0.6 is 0 Å². The van der Waals surface area contributed by atoms with E-state index in [1.807, 2.05) is 146 Å². The van der Waals surface area contributed by atoms with E-state index in [0.29, 0.717) is 30.8 Å². The van der Waals surface area contributed by atoms with Crippen molar-refractivity contribution in [3.63, 3.8) is 0 Å². The van der Waals surface area contributed by atoms with Crippen LogP contribution in [0, 0.1) is 5.92 Å². The van der Waals surface area contributed by atoms with E-state index in [9.17, 15) is 19.5 Å². The number of para-hydroxylation sites is 1. The van der Waals surface area contributed by atoms with Crippen LogP contribution in [-0.2, 0) is 28.2 Å². The van der Waals surface area contributed by atoms with Crippen LogP contribution in [0.4, 0.5) is 17.1 Å². The molecule has 0 radical (unpaired) electrons. The Hall–Kier alpha value is -5.46. The molecule has 2 amide bonds. The summed E-state index contributed by atoms with van der Waals surface area (Å²) < 4.78 is 8.79. The first-order valence-electron chi connectivity index (χ1n) is 18.9. The Balaban J connectivity index is 0.970. The summed E-state index contributed by atoms with van der Waals surface area (Å²) in [4.78, 5) is 43.8. The summed E-state index contributed by atoms with van der Waals surface area (Å²) in [6.45, 7) is 6.61. The highest BCUT2D eigenvalue weighted by Gasteiger charge is 2.66. The number of nitrogens with zero attached hydrogens (tertiary/aromatic N) is 5. The van der Waals surface area contributed by atoms with Crippen LogP contribution in [0.3, 0.4) is 0 Å². The minimum absolute atomic E-state index is 0.0530. The van der Waals surface area contributed by atoms with Gasteiger partial charge in [-0.15, -0.1) is 5.10 Å². The maximum absolute atomic E-state index is 14.9. The van der Waals surface area contributed by atoms with E-state index < -0.39 is 20.0 Å². The number of aliphatic hydroxyl groups excluding tert-OH is 1. The van der Waals surface area contributed by atoms with E-state index in [0.717, 1.165) is 44.5 Å². The fraction of sp³-hybridized carbons (Fsp3) is 0.273. The number of benzene rings is 5. The van der Waals surface area contributed by atoms with Crippen molar-refractivity contribution >= 4 is 48.0 Å². The minimum Gasteiger partial charge on any atom is -0.432 e. The molecule has 1 spiro atoms. The van der Waals surface area contributed by atoms with Crippen molar-refractivity contribution < 1.29 is 24.2 Å². The van der Waals surface area contributed by atoms with Crippen molar-refractivity contribution in [2.75, 3.05) is 16.4 Å². The molecule has 1 fully saturated rings. The van der Waals surface area contributed by atoms with Gasteiger partial charge in [0.15, 0.2) is 13.9 Å². The van der Waals surface area contributed by atoms with Crippen molar-refractivity contribution in [1.82, 2.24) is 15.0 Å². The van der Waals surface area contributed by atoms with Crippen LogP contribution in [-0.4, -0.2) is 57.7 Å². The molecule has 5 atom stereocenters. The average Bonchev–Trinajstić information content (AvgIpc) is 3.92. The number of aryl methyl sites for hydroxylation is 1. The number of hydrogen-bond donors (Lipinski definition) is 2. The predicted molar refractivity (Wildman–Crippen MR) is 214 cm³/mol. The number of anilines is 3. The van der Waals surface area contributed by atoms with E-state index in [2.05, 4.69) is 10.3 Å². The Labute approximate surface area is 320 Å². The fourth-order valence-electron chi connectivity index (χ4n) is 9.46. The second-order valence-corrected chi connectivity index (χ2v) is 19.6. The highest BCUT2D eigenvalue weighted by molar-refractivity contribution is 6.71. The highest BCUT2D eigenvalue weighted by atomic mass is 28.4. The monoisotopic (exact) mass is 749 g/mol. The summed E-state index contributed by atoms with van der Waals surface area (Å²) in [7, 11) is -2.86. The summed E-state index contributed by atoms with van der Waals surface area (Å²) >= 11 is 0. The Kier molecular flexibility index (Phi) is 8.58. The number of carbonyl (C=O) groups excluding carboxylic acids is 2. The van der Waals surface area contributed by atoms with E-state index in [1.165, 1.54) is 0 Å². The number of hydrogen-bond acceptors (Lipinski definition) is 7. The molecule has 0 saturated carbocycles. The highest BCUT2D eigenvalue weighted by Crippen LogP contribution is 2.59. The summed E-state index contributed by atoms with van der Waals surface area (Å²) in [6.07, 6.45) is 1.98. The SMILES string of the molecule is C[C@@H]1[C@@H]([Si](C)(C)O)[C@H](CCn2cc(C(CO)c3ccccc3)nn2)O[C@@]12C(=O)N(Cc1ccc(N3C(=O)c4cccc5cccc3c45)cc1)c1ccccc12. The first kappa shape index (κ1) is 35.3. The van der Waals surface area contributed by atoms with Gasteiger partial charge >= 0.3 is 0 Å². The van der Waals surface area contributed by atoms with Crippen LogP contribution in [0.15, 0.2) is 121 Å². The molecule has 1 saturated heterocycles. The average molecular weight is 750 g/mol. The third-order valence-corrected chi connectivity index (χ3v) is 14.4. The van der Waals surface area contributed by atoms with Crippen molar-refractivity contribution in [3.05, 3.63) is 149 Å². The molecule has 4 heterocycles. The molecule has 9 rings (SSSR count). The molecule has 1 unspecified atom stereocenters. The summed E-state index contributed by atoms with van der Waals surface area (Å²) in [5.74, 6) is -0.770. The lowest BCUT2D eigenvalue weighted by Gasteiger charge is -2.32. The number of aromatic nitrogens is 3. The number of fused-ring (bicyclic) bond motifs is 2. The molecule has 5 aromatic carbocycles. The predicted octanol–water partition coefficient (Wildman–Crippen LogP) is 7.28. The molecule has 0 aliphatic carbocycles. The van der Waals surface area contributed by atoms with Gasteiger partial charge in [-0.1, -0.05) is 97.1 Å². The third-order valence-electron chi connectivity index (χ3n) is 11.9. The molecule has 1 aromatic heterocycles. The van der Waals surface area contributed by atoms with Gasteiger partial charge in [-0.25, -0.2) is 0 Å². The Bertz CT molecular complexity index is 2420. The van der Waals surface area contributed by atoms with Crippen molar-refractivity contribution in [3.8, 4) is 0 Å². The fourth-order valence-corrected chi connectivity index (χ4v) is 12.1. The number of carbonyl (C=O) groups is 2. The lowest BCUT2D eigenvalue weighted by molar-refractivity contribution is -0.146. The van der Waals surface area contributed by atoms with Gasteiger partial charge in [0.2, 0.25) is 0 Å². The van der Waals surface area contributed by atoms with E-state index >= 15 is 0 Å². The number of ether oxygens (including phenoxy) is 1. The van der Waals surface area contributed by atoms with Gasteiger partial charge in [0, 0.05) is 40.8 Å². The van der Waals surface area contributed by atoms with Crippen LogP contribution in [0.5, 0.6) is 0 Å². The van der Waals surface area contributed by atoms with Crippen molar-refractivity contribution in [2.24, 2.45) is 5.92 Å². The van der Waals surface area contributed by atoms with Crippen molar-refractivity contribution in [1.29, 1.82) is 0 Å². The lowest BCUT2D eigenvalue weighted by Crippen LogP contribution is -2.46. The van der Waals surface area contributed by atoms with Crippen LogP contribution < -0.4 is 9.80 Å². The quantitative estimate of drug-likeness (QED) is 0.141. The number of aliphatic hydroxyl groups is 1. The largest absolute Gasteiger partial charge is 0.432 e.